The van der Waals surface area contributed by atoms with Gasteiger partial charge in [-0.05, 0) is 62.2 Å². The molecule has 1 heterocycles. The van der Waals surface area contributed by atoms with Crippen molar-refractivity contribution in [2.24, 2.45) is 0 Å². The Hall–Kier alpha value is -2.93. The molecule has 0 atom stereocenters. The van der Waals surface area contributed by atoms with E-state index in [2.05, 4.69) is 15.9 Å². The number of phenolic OH excluding ortho intramolecular Hbond substituents is 1. The van der Waals surface area contributed by atoms with Crippen LogP contribution < -0.4 is 0 Å². The van der Waals surface area contributed by atoms with Gasteiger partial charge in [0.15, 0.2) is 6.61 Å². The SMILES string of the molecule is Cc1cc(C(=O)COC(=O)c2cc(Br)ccc2O)c(C)n1CCc1ccc(F)cc1. The van der Waals surface area contributed by atoms with Crippen LogP contribution >= 0.6 is 15.9 Å². The first kappa shape index (κ1) is 21.8. The maximum atomic E-state index is 13.1. The molecule has 30 heavy (non-hydrogen) atoms. The number of halogens is 2. The Morgan fingerprint density at radius 1 is 1.07 bits per heavy atom. The average Bonchev–Trinajstić information content (AvgIpc) is 3.01. The highest BCUT2D eigenvalue weighted by Gasteiger charge is 2.19. The molecule has 0 radical (unpaired) electrons. The van der Waals surface area contributed by atoms with Crippen LogP contribution in [0.4, 0.5) is 4.39 Å². The molecule has 0 spiro atoms. The van der Waals surface area contributed by atoms with Gasteiger partial charge < -0.3 is 14.4 Å². The summed E-state index contributed by atoms with van der Waals surface area (Å²) in [5.74, 6) is -1.58. The lowest BCUT2D eigenvalue weighted by Crippen LogP contribution is -2.15. The molecule has 0 aliphatic heterocycles. The summed E-state index contributed by atoms with van der Waals surface area (Å²) in [6, 6.07) is 12.5. The van der Waals surface area contributed by atoms with Gasteiger partial charge in [-0.15, -0.1) is 0 Å². The fourth-order valence-electron chi connectivity index (χ4n) is 3.28. The molecule has 1 N–H and O–H groups in total. The van der Waals surface area contributed by atoms with E-state index in [1.165, 1.54) is 24.3 Å². The van der Waals surface area contributed by atoms with E-state index in [-0.39, 0.29) is 22.9 Å². The molecule has 7 heteroatoms. The number of ether oxygens (including phenoxy) is 1. The van der Waals surface area contributed by atoms with Gasteiger partial charge in [0.25, 0.3) is 0 Å². The van der Waals surface area contributed by atoms with Crippen molar-refractivity contribution >= 4 is 27.7 Å². The van der Waals surface area contributed by atoms with E-state index in [9.17, 15) is 19.1 Å². The number of phenols is 1. The molecular formula is C23H21BrFNO4. The number of carbonyl (C=O) groups is 2. The van der Waals surface area contributed by atoms with E-state index >= 15 is 0 Å². The smallest absolute Gasteiger partial charge is 0.342 e. The minimum atomic E-state index is -0.771. The van der Waals surface area contributed by atoms with Gasteiger partial charge in [-0.25, -0.2) is 9.18 Å². The van der Waals surface area contributed by atoms with Crippen LogP contribution in [-0.4, -0.2) is 28.0 Å². The maximum Gasteiger partial charge on any atom is 0.342 e. The third-order valence-electron chi connectivity index (χ3n) is 4.92. The summed E-state index contributed by atoms with van der Waals surface area (Å²) in [5, 5.41) is 9.81. The number of carbonyl (C=O) groups excluding carboxylic acids is 2. The summed E-state index contributed by atoms with van der Waals surface area (Å²) < 4.78 is 20.8. The second-order valence-corrected chi connectivity index (χ2v) is 7.89. The highest BCUT2D eigenvalue weighted by Crippen LogP contribution is 2.23. The molecule has 0 saturated heterocycles. The predicted molar refractivity (Wildman–Crippen MR) is 114 cm³/mol. The lowest BCUT2D eigenvalue weighted by atomic mass is 10.1. The Morgan fingerprint density at radius 3 is 2.47 bits per heavy atom. The zero-order chi connectivity index (χ0) is 21.8. The molecule has 156 valence electrons. The van der Waals surface area contributed by atoms with Gasteiger partial charge in [0, 0.05) is 28.0 Å². The molecule has 2 aromatic carbocycles. The largest absolute Gasteiger partial charge is 0.507 e. The Kier molecular flexibility index (Phi) is 6.72. The number of aromatic nitrogens is 1. The van der Waals surface area contributed by atoms with Crippen molar-refractivity contribution in [2.45, 2.75) is 26.8 Å². The summed E-state index contributed by atoms with van der Waals surface area (Å²) >= 11 is 3.23. The Morgan fingerprint density at radius 2 is 1.77 bits per heavy atom. The molecule has 0 unspecified atom stereocenters. The van der Waals surface area contributed by atoms with E-state index < -0.39 is 12.6 Å². The third kappa shape index (κ3) is 4.97. The number of esters is 1. The highest BCUT2D eigenvalue weighted by atomic mass is 79.9. The molecule has 0 aliphatic carbocycles. The number of nitrogens with zero attached hydrogens (tertiary/aromatic N) is 1. The first-order chi connectivity index (χ1) is 14.3. The van der Waals surface area contributed by atoms with Crippen LogP contribution in [0, 0.1) is 19.7 Å². The number of aromatic hydroxyl groups is 1. The maximum absolute atomic E-state index is 13.1. The fraction of sp³-hybridized carbons (Fsp3) is 0.217. The van der Waals surface area contributed by atoms with Crippen molar-refractivity contribution in [1.29, 1.82) is 0 Å². The van der Waals surface area contributed by atoms with Crippen molar-refractivity contribution in [3.8, 4) is 5.75 Å². The highest BCUT2D eigenvalue weighted by molar-refractivity contribution is 9.10. The van der Waals surface area contributed by atoms with Gasteiger partial charge in [0.1, 0.15) is 17.1 Å². The Labute approximate surface area is 182 Å². The minimum absolute atomic E-state index is 0.0121. The zero-order valence-corrected chi connectivity index (χ0v) is 18.2. The molecule has 5 nitrogen and oxygen atoms in total. The van der Waals surface area contributed by atoms with Gasteiger partial charge in [0.2, 0.25) is 5.78 Å². The van der Waals surface area contributed by atoms with Crippen LogP contribution in [0.25, 0.3) is 0 Å². The summed E-state index contributed by atoms with van der Waals surface area (Å²) in [5.41, 5.74) is 3.16. The van der Waals surface area contributed by atoms with Crippen LogP contribution in [0.5, 0.6) is 5.75 Å². The van der Waals surface area contributed by atoms with Crippen molar-refractivity contribution in [3.05, 3.63) is 86.9 Å². The second-order valence-electron chi connectivity index (χ2n) is 6.97. The first-order valence-electron chi connectivity index (χ1n) is 9.36. The van der Waals surface area contributed by atoms with E-state index in [0.29, 0.717) is 23.0 Å². The predicted octanol–water partition coefficient (Wildman–Crippen LogP) is 4.99. The van der Waals surface area contributed by atoms with Crippen molar-refractivity contribution < 1.29 is 23.8 Å². The third-order valence-corrected chi connectivity index (χ3v) is 5.42. The van der Waals surface area contributed by atoms with Crippen molar-refractivity contribution in [2.75, 3.05) is 6.61 Å². The normalized spacial score (nSPS) is 10.8. The molecule has 1 aromatic heterocycles. The van der Waals surface area contributed by atoms with Gasteiger partial charge in [-0.2, -0.15) is 0 Å². The molecule has 0 saturated carbocycles. The van der Waals surface area contributed by atoms with Gasteiger partial charge >= 0.3 is 5.97 Å². The van der Waals surface area contributed by atoms with Crippen LogP contribution in [-0.2, 0) is 17.7 Å². The molecule has 0 bridgehead atoms. The summed E-state index contributed by atoms with van der Waals surface area (Å²) in [7, 11) is 0. The first-order valence-corrected chi connectivity index (χ1v) is 10.2. The van der Waals surface area contributed by atoms with Crippen molar-refractivity contribution in [1.82, 2.24) is 4.57 Å². The minimum Gasteiger partial charge on any atom is -0.507 e. The van der Waals surface area contributed by atoms with E-state index in [1.807, 2.05) is 18.4 Å². The summed E-state index contributed by atoms with van der Waals surface area (Å²) in [6.07, 6.45) is 0.696. The van der Waals surface area contributed by atoms with E-state index in [0.717, 1.165) is 17.0 Å². The molecule has 3 rings (SSSR count). The number of rotatable bonds is 7. The lowest BCUT2D eigenvalue weighted by Gasteiger charge is -2.10. The van der Waals surface area contributed by atoms with E-state index in [4.69, 9.17) is 4.74 Å². The standard InChI is InChI=1S/C23H21BrFNO4/c1-14-11-19(15(2)26(14)10-9-16-3-6-18(25)7-4-16)22(28)13-30-23(29)20-12-17(24)5-8-21(20)27/h3-8,11-12,27H,9-10,13H2,1-2H3. The summed E-state index contributed by atoms with van der Waals surface area (Å²) in [4.78, 5) is 24.8. The molecule has 3 aromatic rings. The topological polar surface area (TPSA) is 68.5 Å². The quantitative estimate of drug-likeness (QED) is 0.387. The molecule has 0 amide bonds. The Balaban J connectivity index is 1.66. The van der Waals surface area contributed by atoms with E-state index in [1.54, 1.807) is 24.3 Å². The van der Waals surface area contributed by atoms with Gasteiger partial charge in [0.05, 0.1) is 0 Å². The zero-order valence-electron chi connectivity index (χ0n) is 16.6. The van der Waals surface area contributed by atoms with Gasteiger partial charge in [-0.1, -0.05) is 28.1 Å². The van der Waals surface area contributed by atoms with Crippen LogP contribution in [0.1, 0.15) is 37.7 Å². The molecule has 0 fully saturated rings. The van der Waals surface area contributed by atoms with Crippen LogP contribution in [0.2, 0.25) is 0 Å². The fourth-order valence-corrected chi connectivity index (χ4v) is 3.64. The number of hydrogen-bond acceptors (Lipinski definition) is 4. The molecular weight excluding hydrogens is 453 g/mol. The number of hydrogen-bond donors (Lipinski definition) is 1. The second kappa shape index (κ2) is 9.26. The summed E-state index contributed by atoms with van der Waals surface area (Å²) in [6.45, 7) is 3.96. The molecule has 0 aliphatic rings. The average molecular weight is 474 g/mol. The monoisotopic (exact) mass is 473 g/mol. The van der Waals surface area contributed by atoms with Gasteiger partial charge in [-0.3, -0.25) is 4.79 Å². The number of ketones is 1. The van der Waals surface area contributed by atoms with Crippen molar-refractivity contribution in [3.63, 3.8) is 0 Å². The lowest BCUT2D eigenvalue weighted by molar-refractivity contribution is 0.0471. The van der Waals surface area contributed by atoms with Crippen LogP contribution in [0.3, 0.4) is 0 Å². The number of Topliss-reactive ketones (excluding diaryl/α,β-unsaturated/α-hetero) is 1. The number of benzene rings is 2. The Bertz CT molecular complexity index is 1090. The van der Waals surface area contributed by atoms with Crippen LogP contribution in [0.15, 0.2) is 53.0 Å². The number of aryl methyl sites for hydroxylation is 2.